The van der Waals surface area contributed by atoms with Crippen molar-refractivity contribution in [1.82, 2.24) is 4.98 Å². The topological polar surface area (TPSA) is 88.7 Å². The summed E-state index contributed by atoms with van der Waals surface area (Å²) < 4.78 is 11.7. The van der Waals surface area contributed by atoms with Crippen molar-refractivity contribution in [3.05, 3.63) is 103 Å². The van der Waals surface area contributed by atoms with Crippen LogP contribution in [-0.2, 0) is 16.2 Å². The maximum absolute atomic E-state index is 14.0. The average molecular weight is 631 g/mol. The molecule has 4 aliphatic rings. The number of fused-ring (bicyclic) bond motifs is 9. The molecule has 4 aromatic rings. The Morgan fingerprint density at radius 3 is 2.49 bits per heavy atom. The van der Waals surface area contributed by atoms with Crippen LogP contribution in [0.25, 0.3) is 0 Å². The number of carbonyl (C=O) groups excluding carboxylic acids is 2. The van der Waals surface area contributed by atoms with Crippen LogP contribution in [0.2, 0.25) is 5.02 Å². The highest BCUT2D eigenvalue weighted by atomic mass is 35.5. The SMILES string of the molecule is COc1ccc(N2C(=O)C3C(C2=O)[C@@H]2C[C@H]3C3Sc4[nH]c(=O)sc4C(c4ccccc4OCc4cccc(Cl)c4)C32)cc1. The first-order chi connectivity index (χ1) is 20.9. The van der Waals surface area contributed by atoms with Gasteiger partial charge >= 0.3 is 4.87 Å². The van der Waals surface area contributed by atoms with E-state index < -0.39 is 0 Å². The molecule has 2 amide bonds. The van der Waals surface area contributed by atoms with E-state index in [2.05, 4.69) is 11.1 Å². The molecule has 2 saturated carbocycles. The highest BCUT2D eigenvalue weighted by Gasteiger charge is 2.69. The molecule has 10 heteroatoms. The van der Waals surface area contributed by atoms with E-state index in [0.717, 1.165) is 33.2 Å². The number of aromatic nitrogens is 1. The number of H-pyrrole nitrogens is 1. The number of imide groups is 1. The van der Waals surface area contributed by atoms with Gasteiger partial charge in [-0.1, -0.05) is 53.3 Å². The molecule has 1 saturated heterocycles. The van der Waals surface area contributed by atoms with E-state index in [-0.39, 0.29) is 57.4 Å². The summed E-state index contributed by atoms with van der Waals surface area (Å²) in [5.41, 5.74) is 2.55. The van der Waals surface area contributed by atoms with Gasteiger partial charge in [-0.05, 0) is 72.2 Å². The maximum atomic E-state index is 14.0. The monoisotopic (exact) mass is 630 g/mol. The van der Waals surface area contributed by atoms with E-state index in [1.54, 1.807) is 43.1 Å². The van der Waals surface area contributed by atoms with E-state index in [0.29, 0.717) is 23.1 Å². The number of rotatable bonds is 6. The van der Waals surface area contributed by atoms with Gasteiger partial charge in [-0.3, -0.25) is 19.3 Å². The van der Waals surface area contributed by atoms with E-state index in [9.17, 15) is 14.4 Å². The molecule has 5 unspecified atom stereocenters. The fourth-order valence-corrected chi connectivity index (χ4v) is 11.1. The first-order valence-electron chi connectivity index (χ1n) is 14.3. The Bertz CT molecular complexity index is 1820. The third-order valence-corrected chi connectivity index (χ3v) is 12.4. The lowest BCUT2D eigenvalue weighted by Gasteiger charge is -2.43. The van der Waals surface area contributed by atoms with Crippen LogP contribution in [-0.4, -0.2) is 29.2 Å². The minimum absolute atomic E-state index is 0.0172. The second-order valence-electron chi connectivity index (χ2n) is 11.6. The molecule has 7 atom stereocenters. The lowest BCUT2D eigenvalue weighted by molar-refractivity contribution is -0.123. The number of para-hydroxylation sites is 1. The summed E-state index contributed by atoms with van der Waals surface area (Å²) in [7, 11) is 1.59. The molecule has 2 aliphatic carbocycles. The van der Waals surface area contributed by atoms with E-state index in [4.69, 9.17) is 21.1 Å². The Morgan fingerprint density at radius 2 is 1.72 bits per heavy atom. The number of benzene rings is 3. The van der Waals surface area contributed by atoms with Crippen LogP contribution >= 0.6 is 34.7 Å². The molecule has 2 bridgehead atoms. The van der Waals surface area contributed by atoms with E-state index in [1.807, 2.05) is 42.5 Å². The zero-order chi connectivity index (χ0) is 29.4. The summed E-state index contributed by atoms with van der Waals surface area (Å²) in [5.74, 6) is 0.477. The predicted molar refractivity (Wildman–Crippen MR) is 166 cm³/mol. The first kappa shape index (κ1) is 27.0. The fourth-order valence-electron chi connectivity index (χ4n) is 8.01. The van der Waals surface area contributed by atoms with E-state index >= 15 is 0 Å². The zero-order valence-electron chi connectivity index (χ0n) is 23.1. The summed E-state index contributed by atoms with van der Waals surface area (Å²) in [6, 6.07) is 22.7. The molecule has 7 nitrogen and oxygen atoms in total. The molecule has 8 rings (SSSR count). The van der Waals surface area contributed by atoms with Crippen LogP contribution in [0.15, 0.2) is 82.6 Å². The Hall–Kier alpha value is -3.53. The van der Waals surface area contributed by atoms with Gasteiger partial charge in [0.15, 0.2) is 0 Å². The summed E-state index contributed by atoms with van der Waals surface area (Å²) >= 11 is 9.14. The molecule has 0 spiro atoms. The number of methoxy groups -OCH3 is 1. The van der Waals surface area contributed by atoms with Crippen LogP contribution in [0, 0.1) is 29.6 Å². The van der Waals surface area contributed by atoms with Crippen molar-refractivity contribution in [2.24, 2.45) is 29.6 Å². The smallest absolute Gasteiger partial charge is 0.305 e. The number of hydrogen-bond acceptors (Lipinski definition) is 7. The van der Waals surface area contributed by atoms with Gasteiger partial charge in [0, 0.05) is 26.6 Å². The molecular formula is C33H27ClN2O5S2. The summed E-state index contributed by atoms with van der Waals surface area (Å²) in [4.78, 5) is 46.0. The third-order valence-electron chi connectivity index (χ3n) is 9.59. The third kappa shape index (κ3) is 4.19. The van der Waals surface area contributed by atoms with Crippen LogP contribution in [0.5, 0.6) is 11.5 Å². The number of halogens is 1. The molecule has 3 heterocycles. The van der Waals surface area contributed by atoms with Crippen molar-refractivity contribution in [1.29, 1.82) is 0 Å². The van der Waals surface area contributed by atoms with Gasteiger partial charge < -0.3 is 14.5 Å². The standard InChI is InChI=1S/C33H27ClN2O5S2/c1-40-19-11-9-18(10-12-19)36-31(37)26-21-14-22(27(26)32(36)38)28-25(21)24(29-30(42-28)35-33(39)43-29)20-7-2-3-8-23(20)41-15-16-5-4-6-17(34)13-16/h2-13,21-22,24-28H,14-15H2,1H3,(H,35,39)/t21-,22-,24?,25?,26?,27?,28?/m1/s1. The first-order valence-corrected chi connectivity index (χ1v) is 16.4. The van der Waals surface area contributed by atoms with Gasteiger partial charge in [-0.15, -0.1) is 11.8 Å². The number of nitrogens with zero attached hydrogens (tertiary/aromatic N) is 1. The van der Waals surface area contributed by atoms with E-state index in [1.165, 1.54) is 16.2 Å². The summed E-state index contributed by atoms with van der Waals surface area (Å²) in [5, 5.41) is 1.63. The van der Waals surface area contributed by atoms with Gasteiger partial charge in [0.2, 0.25) is 11.8 Å². The number of carbonyl (C=O) groups is 2. The zero-order valence-corrected chi connectivity index (χ0v) is 25.5. The number of amides is 2. The number of aromatic amines is 1. The molecular weight excluding hydrogens is 604 g/mol. The molecule has 43 heavy (non-hydrogen) atoms. The predicted octanol–water partition coefficient (Wildman–Crippen LogP) is 6.36. The molecule has 2 aliphatic heterocycles. The number of thioether (sulfide) groups is 1. The second kappa shape index (κ2) is 10.3. The molecule has 3 fully saturated rings. The van der Waals surface area contributed by atoms with Crippen molar-refractivity contribution in [2.45, 2.75) is 29.2 Å². The van der Waals surface area contributed by atoms with Gasteiger partial charge in [0.05, 0.1) is 29.7 Å². The lowest BCUT2D eigenvalue weighted by atomic mass is 9.68. The van der Waals surface area contributed by atoms with Crippen LogP contribution in [0.3, 0.4) is 0 Å². The summed E-state index contributed by atoms with van der Waals surface area (Å²) in [6.45, 7) is 0.351. The number of ether oxygens (including phenoxy) is 2. The minimum atomic E-state index is -0.374. The Balaban J connectivity index is 1.17. The lowest BCUT2D eigenvalue weighted by Crippen LogP contribution is -2.42. The van der Waals surface area contributed by atoms with Crippen molar-refractivity contribution >= 4 is 52.2 Å². The van der Waals surface area contributed by atoms with Gasteiger partial charge in [0.25, 0.3) is 0 Å². The molecule has 218 valence electrons. The number of nitrogens with one attached hydrogen (secondary N) is 1. The Kier molecular flexibility index (Phi) is 6.47. The molecule has 1 N–H and O–H groups in total. The van der Waals surface area contributed by atoms with Gasteiger partial charge in [-0.2, -0.15) is 0 Å². The van der Waals surface area contributed by atoms with Gasteiger partial charge in [-0.25, -0.2) is 0 Å². The molecule has 1 aromatic heterocycles. The van der Waals surface area contributed by atoms with Crippen LogP contribution < -0.4 is 19.2 Å². The average Bonchev–Trinajstić information content (AvgIpc) is 3.75. The highest BCUT2D eigenvalue weighted by Crippen LogP contribution is 2.69. The number of hydrogen-bond donors (Lipinski definition) is 1. The minimum Gasteiger partial charge on any atom is -0.497 e. The summed E-state index contributed by atoms with van der Waals surface area (Å²) in [6.07, 6.45) is 0.826. The van der Waals surface area contributed by atoms with Crippen molar-refractivity contribution in [2.75, 3.05) is 12.0 Å². The second-order valence-corrected chi connectivity index (χ2v) is 14.3. The van der Waals surface area contributed by atoms with Crippen LogP contribution in [0.4, 0.5) is 5.69 Å². The van der Waals surface area contributed by atoms with Gasteiger partial charge in [0.1, 0.15) is 18.1 Å². The van der Waals surface area contributed by atoms with Crippen molar-refractivity contribution in [3.63, 3.8) is 0 Å². The molecule has 3 aromatic carbocycles. The highest BCUT2D eigenvalue weighted by molar-refractivity contribution is 8.00. The normalized spacial score (nSPS) is 28.5. The Labute approximate surface area is 261 Å². The Morgan fingerprint density at radius 1 is 0.953 bits per heavy atom. The molecule has 0 radical (unpaired) electrons. The van der Waals surface area contributed by atoms with Crippen molar-refractivity contribution < 1.29 is 19.1 Å². The fraction of sp³-hybridized carbons (Fsp3) is 0.303. The number of anilines is 1. The quantitative estimate of drug-likeness (QED) is 0.250. The number of thiazole rings is 1. The maximum Gasteiger partial charge on any atom is 0.305 e. The largest absolute Gasteiger partial charge is 0.497 e. The van der Waals surface area contributed by atoms with Crippen molar-refractivity contribution in [3.8, 4) is 11.5 Å². The van der Waals surface area contributed by atoms with Crippen LogP contribution in [0.1, 0.15) is 28.3 Å².